The van der Waals surface area contributed by atoms with Gasteiger partial charge in [-0.05, 0) is 31.1 Å². The molecule has 0 aliphatic carbocycles. The van der Waals surface area contributed by atoms with Crippen LogP contribution in [0, 0.1) is 13.8 Å². The number of fused-ring (bicyclic) bond motifs is 2. The molecule has 0 unspecified atom stereocenters. The summed E-state index contributed by atoms with van der Waals surface area (Å²) in [7, 11) is -1.59. The van der Waals surface area contributed by atoms with Crippen LogP contribution in [-0.4, -0.2) is 6.61 Å². The Morgan fingerprint density at radius 2 is 1.05 bits per heavy atom. The van der Waals surface area contributed by atoms with E-state index in [1.165, 1.54) is 91.2 Å². The van der Waals surface area contributed by atoms with Crippen LogP contribution in [0.2, 0.25) is 0 Å². The molecule has 0 saturated heterocycles. The van der Waals surface area contributed by atoms with E-state index in [4.69, 9.17) is 13.6 Å². The normalized spacial score (nSPS) is 17.4. The first kappa shape index (κ1) is 32.9. The highest BCUT2D eigenvalue weighted by atomic mass is 31.2. The average molecular weight is 569 g/mol. The molecule has 2 aromatic carbocycles. The number of rotatable bonds is 12. The van der Waals surface area contributed by atoms with Crippen LogP contribution < -0.4 is 9.05 Å². The molecule has 3 nitrogen and oxygen atoms in total. The highest BCUT2D eigenvalue weighted by molar-refractivity contribution is 7.42. The van der Waals surface area contributed by atoms with Crippen molar-refractivity contribution in [2.24, 2.45) is 0 Å². The summed E-state index contributed by atoms with van der Waals surface area (Å²) >= 11 is 0. The maximum absolute atomic E-state index is 6.79. The monoisotopic (exact) mass is 568 g/mol. The van der Waals surface area contributed by atoms with Gasteiger partial charge in [0.15, 0.2) is 0 Å². The third kappa shape index (κ3) is 8.96. The van der Waals surface area contributed by atoms with Crippen LogP contribution in [0.1, 0.15) is 159 Å². The van der Waals surface area contributed by atoms with E-state index in [0.717, 1.165) is 17.9 Å². The highest BCUT2D eigenvalue weighted by Crippen LogP contribution is 2.55. The summed E-state index contributed by atoms with van der Waals surface area (Å²) in [4.78, 5) is 0. The first-order chi connectivity index (χ1) is 18.8. The van der Waals surface area contributed by atoms with Crippen molar-refractivity contribution in [2.75, 3.05) is 6.61 Å². The Kier molecular flexibility index (Phi) is 12.0. The molecule has 0 radical (unpaired) electrons. The molecule has 1 aliphatic heterocycles. The lowest BCUT2D eigenvalue weighted by atomic mass is 9.79. The zero-order chi connectivity index (χ0) is 29.5. The van der Waals surface area contributed by atoms with Gasteiger partial charge >= 0.3 is 8.60 Å². The molecule has 4 heteroatoms. The summed E-state index contributed by atoms with van der Waals surface area (Å²) < 4.78 is 20.0. The number of hydrogen-bond donors (Lipinski definition) is 0. The second kappa shape index (κ2) is 14.6. The van der Waals surface area contributed by atoms with E-state index in [0.29, 0.717) is 6.61 Å². The SMILES string of the molecule is CCCCCCCCCCCCOP1Oc2c(cc(C)cc2C(C)(C)C)C(C)c2cc(C)cc(C(C)(C)C)c2O1. The largest absolute Gasteiger partial charge is 0.463 e. The average Bonchev–Trinajstić information content (AvgIpc) is 2.86. The molecule has 0 amide bonds. The maximum atomic E-state index is 6.79. The molecular weight excluding hydrogens is 511 g/mol. The molecular formula is C36H57O3P. The maximum Gasteiger partial charge on any atom is 0.463 e. The van der Waals surface area contributed by atoms with E-state index in [1.807, 2.05) is 0 Å². The molecule has 0 aromatic heterocycles. The smallest absolute Gasteiger partial charge is 0.417 e. The lowest BCUT2D eigenvalue weighted by Crippen LogP contribution is -2.20. The summed E-state index contributed by atoms with van der Waals surface area (Å²) in [5.41, 5.74) is 7.32. The summed E-state index contributed by atoms with van der Waals surface area (Å²) in [6.45, 7) is 23.2. The fourth-order valence-corrected chi connectivity index (χ4v) is 6.81. The van der Waals surface area contributed by atoms with Gasteiger partial charge in [-0.15, -0.1) is 0 Å². The Bertz CT molecular complexity index is 1020. The summed E-state index contributed by atoms with van der Waals surface area (Å²) in [6.07, 6.45) is 13.1. The molecule has 0 fully saturated rings. The van der Waals surface area contributed by atoms with Crippen LogP contribution in [-0.2, 0) is 15.4 Å². The van der Waals surface area contributed by atoms with Crippen molar-refractivity contribution >= 4 is 8.60 Å². The van der Waals surface area contributed by atoms with Crippen molar-refractivity contribution in [1.29, 1.82) is 0 Å². The molecule has 1 heterocycles. The molecule has 0 saturated carbocycles. The number of unbranched alkanes of at least 4 members (excludes halogenated alkanes) is 9. The van der Waals surface area contributed by atoms with Crippen LogP contribution in [0.3, 0.4) is 0 Å². The van der Waals surface area contributed by atoms with Gasteiger partial charge in [0.1, 0.15) is 11.5 Å². The highest BCUT2D eigenvalue weighted by Gasteiger charge is 2.35. The van der Waals surface area contributed by atoms with Crippen molar-refractivity contribution in [3.05, 3.63) is 57.6 Å². The first-order valence-corrected chi connectivity index (χ1v) is 17.0. The van der Waals surface area contributed by atoms with Crippen LogP contribution in [0.25, 0.3) is 0 Å². The van der Waals surface area contributed by atoms with Gasteiger partial charge in [0, 0.05) is 28.2 Å². The van der Waals surface area contributed by atoms with Crippen molar-refractivity contribution in [2.45, 2.75) is 150 Å². The van der Waals surface area contributed by atoms with Gasteiger partial charge in [-0.2, -0.15) is 0 Å². The van der Waals surface area contributed by atoms with E-state index in [2.05, 4.69) is 93.5 Å². The van der Waals surface area contributed by atoms with Crippen LogP contribution in [0.15, 0.2) is 24.3 Å². The van der Waals surface area contributed by atoms with Crippen molar-refractivity contribution < 1.29 is 13.6 Å². The molecule has 2 aromatic rings. The van der Waals surface area contributed by atoms with Gasteiger partial charge in [-0.3, -0.25) is 4.52 Å². The second-order valence-electron chi connectivity index (χ2n) is 14.1. The van der Waals surface area contributed by atoms with Crippen LogP contribution >= 0.6 is 8.60 Å². The third-order valence-corrected chi connectivity index (χ3v) is 9.16. The molecule has 224 valence electrons. The Morgan fingerprint density at radius 1 is 0.650 bits per heavy atom. The third-order valence-electron chi connectivity index (χ3n) is 8.10. The number of aryl methyl sites for hydroxylation is 2. The zero-order valence-corrected chi connectivity index (χ0v) is 28.2. The van der Waals surface area contributed by atoms with Crippen molar-refractivity contribution in [3.8, 4) is 11.5 Å². The van der Waals surface area contributed by atoms with Crippen LogP contribution in [0.4, 0.5) is 0 Å². The Morgan fingerprint density at radius 3 is 1.45 bits per heavy atom. The van der Waals surface area contributed by atoms with E-state index in [1.54, 1.807) is 0 Å². The van der Waals surface area contributed by atoms with E-state index < -0.39 is 8.60 Å². The topological polar surface area (TPSA) is 27.7 Å². The fourth-order valence-electron chi connectivity index (χ4n) is 5.68. The molecule has 0 N–H and O–H groups in total. The van der Waals surface area contributed by atoms with Crippen molar-refractivity contribution in [3.63, 3.8) is 0 Å². The molecule has 3 rings (SSSR count). The van der Waals surface area contributed by atoms with Gasteiger partial charge in [0.25, 0.3) is 0 Å². The Hall–Kier alpha value is -1.57. The van der Waals surface area contributed by atoms with Crippen LogP contribution in [0.5, 0.6) is 11.5 Å². The molecule has 0 bridgehead atoms. The van der Waals surface area contributed by atoms with Gasteiger partial charge in [0.2, 0.25) is 0 Å². The van der Waals surface area contributed by atoms with E-state index >= 15 is 0 Å². The minimum absolute atomic E-state index is 0.0570. The standard InChI is InChI=1S/C36H57O3P/c1-11-12-13-14-15-16-17-18-19-20-21-37-40-38-33-29(22-26(2)24-31(33)35(5,6)7)28(4)30-23-27(3)25-32(34(30)39-40)36(8,9)10/h22-25,28H,11-21H2,1-10H3. The summed E-state index contributed by atoms with van der Waals surface area (Å²) in [6, 6.07) is 9.17. The second-order valence-corrected chi connectivity index (χ2v) is 15.2. The number of hydrogen-bond acceptors (Lipinski definition) is 3. The number of benzene rings is 2. The predicted octanol–water partition coefficient (Wildman–Crippen LogP) is 12.0. The minimum Gasteiger partial charge on any atom is -0.417 e. The minimum atomic E-state index is -1.59. The summed E-state index contributed by atoms with van der Waals surface area (Å²) in [5.74, 6) is 2.04. The van der Waals surface area contributed by atoms with E-state index in [-0.39, 0.29) is 16.7 Å². The summed E-state index contributed by atoms with van der Waals surface area (Å²) in [5, 5.41) is 0. The molecule has 40 heavy (non-hydrogen) atoms. The zero-order valence-electron chi connectivity index (χ0n) is 27.3. The quantitative estimate of drug-likeness (QED) is 0.188. The van der Waals surface area contributed by atoms with Gasteiger partial charge < -0.3 is 9.05 Å². The van der Waals surface area contributed by atoms with E-state index in [9.17, 15) is 0 Å². The lowest BCUT2D eigenvalue weighted by Gasteiger charge is -2.34. The lowest BCUT2D eigenvalue weighted by molar-refractivity contribution is 0.253. The first-order valence-electron chi connectivity index (χ1n) is 15.9. The predicted molar refractivity (Wildman–Crippen MR) is 173 cm³/mol. The van der Waals surface area contributed by atoms with Gasteiger partial charge in [0.05, 0.1) is 6.61 Å². The molecule has 0 atom stereocenters. The Balaban J connectivity index is 1.83. The fraction of sp³-hybridized carbons (Fsp3) is 0.667. The van der Waals surface area contributed by atoms with Gasteiger partial charge in [-0.1, -0.05) is 149 Å². The Labute approximate surface area is 247 Å². The van der Waals surface area contributed by atoms with Gasteiger partial charge in [-0.25, -0.2) is 0 Å². The molecule has 1 aliphatic rings. The van der Waals surface area contributed by atoms with Crippen molar-refractivity contribution in [1.82, 2.24) is 0 Å². The molecule has 0 spiro atoms.